The van der Waals surface area contributed by atoms with E-state index in [0.29, 0.717) is 0 Å². The van der Waals surface area contributed by atoms with Crippen molar-refractivity contribution in [3.63, 3.8) is 0 Å². The van der Waals surface area contributed by atoms with Crippen molar-refractivity contribution in [1.29, 1.82) is 0 Å². The summed E-state index contributed by atoms with van der Waals surface area (Å²) in [6.45, 7) is 0. The Morgan fingerprint density at radius 3 is 2.31 bits per heavy atom. The second-order valence-electron chi connectivity index (χ2n) is 3.31. The van der Waals surface area contributed by atoms with Gasteiger partial charge in [0.05, 0.1) is 4.90 Å². The second kappa shape index (κ2) is 3.64. The smallest absolute Gasteiger partial charge is 0.311 e. The van der Waals surface area contributed by atoms with E-state index in [0.717, 1.165) is 4.57 Å². The minimum Gasteiger partial charge on any atom is -0.311 e. The fourth-order valence-corrected chi connectivity index (χ4v) is 2.81. The molecule has 5 nitrogen and oxygen atoms in total. The van der Waals surface area contributed by atoms with Crippen molar-refractivity contribution < 1.29 is 8.42 Å². The molecule has 0 aliphatic heterocycles. The maximum Gasteiger partial charge on any atom is 0.326 e. The van der Waals surface area contributed by atoms with Crippen LogP contribution in [0.1, 0.15) is 0 Å². The van der Waals surface area contributed by atoms with E-state index in [-0.39, 0.29) is 9.92 Å². The Balaban J connectivity index is 2.66. The minimum atomic E-state index is -3.62. The van der Waals surface area contributed by atoms with Crippen molar-refractivity contribution >= 4 is 9.84 Å². The van der Waals surface area contributed by atoms with Gasteiger partial charge in [-0.2, -0.15) is 0 Å². The van der Waals surface area contributed by atoms with Crippen LogP contribution in [0.15, 0.2) is 51.2 Å². The Kier molecular flexibility index (Phi) is 2.43. The van der Waals surface area contributed by atoms with Gasteiger partial charge in [-0.15, -0.1) is 0 Å². The molecule has 0 atom stereocenters. The predicted octanol–water partition coefficient (Wildman–Crippen LogP) is 0.546. The fourth-order valence-electron chi connectivity index (χ4n) is 1.40. The van der Waals surface area contributed by atoms with Crippen LogP contribution in [0.2, 0.25) is 0 Å². The zero-order valence-electron chi connectivity index (χ0n) is 8.54. The van der Waals surface area contributed by atoms with Gasteiger partial charge in [0.25, 0.3) is 0 Å². The number of rotatable bonds is 2. The van der Waals surface area contributed by atoms with Gasteiger partial charge in [0.2, 0.25) is 9.84 Å². The molecule has 0 saturated carbocycles. The Morgan fingerprint density at radius 1 is 1.19 bits per heavy atom. The highest BCUT2D eigenvalue weighted by molar-refractivity contribution is 7.91. The average molecular weight is 238 g/mol. The summed E-state index contributed by atoms with van der Waals surface area (Å²) in [6.07, 6.45) is 1.20. The molecule has 84 valence electrons. The predicted molar refractivity (Wildman–Crippen MR) is 57.9 cm³/mol. The summed E-state index contributed by atoms with van der Waals surface area (Å²) in [7, 11) is -2.21. The number of hydrogen-bond donors (Lipinski definition) is 1. The zero-order valence-corrected chi connectivity index (χ0v) is 9.36. The summed E-state index contributed by atoms with van der Waals surface area (Å²) >= 11 is 0. The molecule has 0 aliphatic rings. The summed E-state index contributed by atoms with van der Waals surface area (Å²) in [5, 5.41) is -0.0382. The maximum absolute atomic E-state index is 12.1. The molecule has 0 aliphatic carbocycles. The van der Waals surface area contributed by atoms with Crippen LogP contribution in [0.5, 0.6) is 0 Å². The van der Waals surface area contributed by atoms with Crippen LogP contribution in [-0.4, -0.2) is 18.0 Å². The van der Waals surface area contributed by atoms with Gasteiger partial charge in [-0.25, -0.2) is 13.2 Å². The largest absolute Gasteiger partial charge is 0.326 e. The first-order valence-corrected chi connectivity index (χ1v) is 6.06. The minimum absolute atomic E-state index is 0.0382. The highest BCUT2D eigenvalue weighted by Gasteiger charge is 2.21. The van der Waals surface area contributed by atoms with E-state index in [4.69, 9.17) is 0 Å². The summed E-state index contributed by atoms with van der Waals surface area (Å²) in [5.41, 5.74) is -0.450. The number of nitrogens with one attached hydrogen (secondary N) is 1. The molecule has 1 heterocycles. The number of sulfone groups is 1. The Hall–Kier alpha value is -1.82. The summed E-state index contributed by atoms with van der Waals surface area (Å²) in [4.78, 5) is 13.7. The zero-order chi connectivity index (χ0) is 11.8. The lowest BCUT2D eigenvalue weighted by Crippen LogP contribution is -2.17. The number of aromatic amines is 1. The summed E-state index contributed by atoms with van der Waals surface area (Å²) in [6, 6.07) is 7.99. The van der Waals surface area contributed by atoms with Crippen LogP contribution in [0.4, 0.5) is 0 Å². The molecule has 2 aromatic rings. The van der Waals surface area contributed by atoms with Crippen molar-refractivity contribution in [3.05, 3.63) is 47.0 Å². The third-order valence-electron chi connectivity index (χ3n) is 2.28. The normalized spacial score (nSPS) is 11.6. The van der Waals surface area contributed by atoms with Crippen LogP contribution in [0, 0.1) is 0 Å². The second-order valence-corrected chi connectivity index (χ2v) is 5.20. The molecule has 0 spiro atoms. The number of aromatic nitrogens is 2. The maximum atomic E-state index is 12.1. The van der Waals surface area contributed by atoms with Crippen LogP contribution >= 0.6 is 0 Å². The Labute approximate surface area is 92.3 Å². The number of nitrogens with zero attached hydrogens (tertiary/aromatic N) is 1. The van der Waals surface area contributed by atoms with Crippen LogP contribution in [0.25, 0.3) is 0 Å². The van der Waals surface area contributed by atoms with Crippen molar-refractivity contribution in [3.8, 4) is 0 Å². The molecule has 6 heteroatoms. The molecule has 1 aromatic carbocycles. The molecular formula is C10H10N2O3S. The monoisotopic (exact) mass is 238 g/mol. The SMILES string of the molecule is Cn1c(S(=O)(=O)c2ccccc2)c[nH]c1=O. The van der Waals surface area contributed by atoms with Crippen molar-refractivity contribution in [2.45, 2.75) is 9.92 Å². The van der Waals surface area contributed by atoms with E-state index in [1.165, 1.54) is 25.4 Å². The summed E-state index contributed by atoms with van der Waals surface area (Å²) in [5.74, 6) is 0. The fraction of sp³-hybridized carbons (Fsp3) is 0.100. The average Bonchev–Trinajstić information content (AvgIpc) is 2.61. The van der Waals surface area contributed by atoms with Gasteiger partial charge in [0.1, 0.15) is 0 Å². The molecule has 0 amide bonds. The Morgan fingerprint density at radius 2 is 1.81 bits per heavy atom. The van der Waals surface area contributed by atoms with Gasteiger partial charge in [-0.05, 0) is 12.1 Å². The molecular weight excluding hydrogens is 228 g/mol. The molecule has 1 aromatic heterocycles. The first-order chi connectivity index (χ1) is 7.53. The molecule has 16 heavy (non-hydrogen) atoms. The molecule has 0 unspecified atom stereocenters. The quantitative estimate of drug-likeness (QED) is 0.830. The molecule has 1 N–H and O–H groups in total. The first kappa shape index (κ1) is 10.7. The molecule has 0 saturated heterocycles. The van der Waals surface area contributed by atoms with Gasteiger partial charge in [-0.1, -0.05) is 18.2 Å². The van der Waals surface area contributed by atoms with Crippen LogP contribution in [0.3, 0.4) is 0 Å². The highest BCUT2D eigenvalue weighted by atomic mass is 32.2. The van der Waals surface area contributed by atoms with E-state index in [9.17, 15) is 13.2 Å². The number of imidazole rings is 1. The van der Waals surface area contributed by atoms with E-state index < -0.39 is 15.5 Å². The van der Waals surface area contributed by atoms with E-state index >= 15 is 0 Å². The van der Waals surface area contributed by atoms with Crippen molar-refractivity contribution in [2.75, 3.05) is 0 Å². The van der Waals surface area contributed by atoms with Gasteiger partial charge >= 0.3 is 5.69 Å². The molecule has 2 rings (SSSR count). The summed E-state index contributed by atoms with van der Waals surface area (Å²) < 4.78 is 25.2. The molecule has 0 fully saturated rings. The van der Waals surface area contributed by atoms with Gasteiger partial charge < -0.3 is 4.98 Å². The number of hydrogen-bond acceptors (Lipinski definition) is 3. The van der Waals surface area contributed by atoms with E-state index in [2.05, 4.69) is 4.98 Å². The third kappa shape index (κ3) is 1.57. The van der Waals surface area contributed by atoms with Crippen molar-refractivity contribution in [1.82, 2.24) is 9.55 Å². The Bertz CT molecular complexity index is 653. The van der Waals surface area contributed by atoms with E-state index in [1.54, 1.807) is 18.2 Å². The van der Waals surface area contributed by atoms with Gasteiger partial charge in [0, 0.05) is 13.2 Å². The first-order valence-electron chi connectivity index (χ1n) is 4.58. The van der Waals surface area contributed by atoms with Gasteiger partial charge in [0.15, 0.2) is 5.03 Å². The standard InChI is InChI=1S/C10H10N2O3S/c1-12-9(7-11-10(12)13)16(14,15)8-5-3-2-4-6-8/h2-7H,1H3,(H,11,13). The van der Waals surface area contributed by atoms with E-state index in [1.807, 2.05) is 0 Å². The van der Waals surface area contributed by atoms with Gasteiger partial charge in [-0.3, -0.25) is 4.57 Å². The topological polar surface area (TPSA) is 71.9 Å². The number of H-pyrrole nitrogens is 1. The van der Waals surface area contributed by atoms with Crippen LogP contribution in [-0.2, 0) is 16.9 Å². The highest BCUT2D eigenvalue weighted by Crippen LogP contribution is 2.17. The molecule has 0 radical (unpaired) electrons. The van der Waals surface area contributed by atoms with Crippen LogP contribution < -0.4 is 5.69 Å². The number of benzene rings is 1. The third-order valence-corrected chi connectivity index (χ3v) is 4.12. The lowest BCUT2D eigenvalue weighted by Gasteiger charge is -2.03. The molecule has 0 bridgehead atoms. The lowest BCUT2D eigenvalue weighted by molar-refractivity contribution is 0.584. The van der Waals surface area contributed by atoms with Crippen molar-refractivity contribution in [2.24, 2.45) is 7.05 Å². The lowest BCUT2D eigenvalue weighted by atomic mass is 10.4.